The Bertz CT molecular complexity index is 746. The molecule has 1 aromatic heterocycles. The fourth-order valence-corrected chi connectivity index (χ4v) is 3.87. The van der Waals surface area contributed by atoms with Crippen LogP contribution in [0.25, 0.3) is 0 Å². The van der Waals surface area contributed by atoms with Crippen LogP contribution in [-0.4, -0.2) is 20.9 Å². The van der Waals surface area contributed by atoms with Gasteiger partial charge in [0.25, 0.3) is 0 Å². The minimum Gasteiger partial charge on any atom is -0.468 e. The van der Waals surface area contributed by atoms with Crippen LogP contribution in [0.4, 0.5) is 0 Å². The molecule has 2 rings (SSSR count). The predicted molar refractivity (Wildman–Crippen MR) is 87.8 cm³/mol. The van der Waals surface area contributed by atoms with Crippen molar-refractivity contribution in [2.75, 3.05) is 6.54 Å². The maximum Gasteiger partial charge on any atom is 0.216 e. The van der Waals surface area contributed by atoms with Gasteiger partial charge in [-0.2, -0.15) is 0 Å². The Morgan fingerprint density at radius 3 is 2.30 bits per heavy atom. The highest BCUT2D eigenvalue weighted by Crippen LogP contribution is 2.29. The van der Waals surface area contributed by atoms with Crippen LogP contribution >= 0.6 is 0 Å². The van der Waals surface area contributed by atoms with Gasteiger partial charge >= 0.3 is 0 Å². The van der Waals surface area contributed by atoms with Crippen molar-refractivity contribution in [3.05, 3.63) is 54.0 Å². The zero-order valence-corrected chi connectivity index (χ0v) is 14.3. The lowest BCUT2D eigenvalue weighted by Gasteiger charge is -2.16. The Morgan fingerprint density at radius 1 is 1.17 bits per heavy atom. The van der Waals surface area contributed by atoms with Crippen LogP contribution in [0.2, 0.25) is 0 Å². The van der Waals surface area contributed by atoms with Crippen molar-refractivity contribution >= 4 is 15.7 Å². The molecule has 1 amide bonds. The van der Waals surface area contributed by atoms with Crippen molar-refractivity contribution in [2.45, 2.75) is 36.8 Å². The van der Waals surface area contributed by atoms with Crippen LogP contribution in [-0.2, 0) is 14.6 Å². The standard InChI is InChI=1S/C17H21NO4S/c1-12(2)14-6-8-15(9-7-14)23(20,21)17(11-18-13(3)19)16-5-4-10-22-16/h4-10,12,17H,11H2,1-3H3,(H,18,19)/t17-/m0/s1. The summed E-state index contributed by atoms with van der Waals surface area (Å²) in [5, 5.41) is 1.61. The fourth-order valence-electron chi connectivity index (χ4n) is 2.28. The first-order valence-corrected chi connectivity index (χ1v) is 8.98. The summed E-state index contributed by atoms with van der Waals surface area (Å²) in [6.45, 7) is 5.41. The molecule has 0 spiro atoms. The summed E-state index contributed by atoms with van der Waals surface area (Å²) in [5.41, 5.74) is 1.07. The molecule has 0 fully saturated rings. The van der Waals surface area contributed by atoms with Crippen LogP contribution in [0, 0.1) is 0 Å². The summed E-state index contributed by atoms with van der Waals surface area (Å²) in [6, 6.07) is 10.1. The van der Waals surface area contributed by atoms with Crippen LogP contribution in [0.15, 0.2) is 52.0 Å². The Balaban J connectivity index is 2.37. The molecule has 124 valence electrons. The Morgan fingerprint density at radius 2 is 1.83 bits per heavy atom. The van der Waals surface area contributed by atoms with E-state index >= 15 is 0 Å². The quantitative estimate of drug-likeness (QED) is 0.880. The molecular weight excluding hydrogens is 314 g/mol. The summed E-state index contributed by atoms with van der Waals surface area (Å²) in [5.74, 6) is 0.352. The second kappa shape index (κ2) is 7.00. The highest BCUT2D eigenvalue weighted by atomic mass is 32.2. The van der Waals surface area contributed by atoms with Gasteiger partial charge in [-0.15, -0.1) is 0 Å². The van der Waals surface area contributed by atoms with Crippen molar-refractivity contribution in [1.29, 1.82) is 0 Å². The topological polar surface area (TPSA) is 76.4 Å². The number of hydrogen-bond donors (Lipinski definition) is 1. The minimum absolute atomic E-state index is 0.0306. The lowest BCUT2D eigenvalue weighted by Crippen LogP contribution is -2.30. The fraction of sp³-hybridized carbons (Fsp3) is 0.353. The maximum absolute atomic E-state index is 12.9. The van der Waals surface area contributed by atoms with Gasteiger partial charge in [0.15, 0.2) is 9.84 Å². The van der Waals surface area contributed by atoms with Gasteiger partial charge in [0.2, 0.25) is 5.91 Å². The smallest absolute Gasteiger partial charge is 0.216 e. The lowest BCUT2D eigenvalue weighted by atomic mass is 10.0. The van der Waals surface area contributed by atoms with E-state index in [4.69, 9.17) is 4.42 Å². The Hall–Kier alpha value is -2.08. The summed E-state index contributed by atoms with van der Waals surface area (Å²) < 4.78 is 31.1. The van der Waals surface area contributed by atoms with Gasteiger partial charge in [0.1, 0.15) is 11.0 Å². The molecule has 1 atom stereocenters. The normalized spacial score (nSPS) is 13.0. The highest BCUT2D eigenvalue weighted by molar-refractivity contribution is 7.91. The number of nitrogens with one attached hydrogen (secondary N) is 1. The van der Waals surface area contributed by atoms with Crippen molar-refractivity contribution in [3.63, 3.8) is 0 Å². The third-order valence-corrected chi connectivity index (χ3v) is 5.72. The zero-order valence-electron chi connectivity index (χ0n) is 13.4. The third kappa shape index (κ3) is 4.01. The molecule has 0 saturated carbocycles. The van der Waals surface area contributed by atoms with Crippen molar-refractivity contribution < 1.29 is 17.6 Å². The summed E-state index contributed by atoms with van der Waals surface area (Å²) in [7, 11) is -3.67. The number of rotatable bonds is 6. The van der Waals surface area contributed by atoms with Crippen LogP contribution in [0.1, 0.15) is 43.3 Å². The monoisotopic (exact) mass is 335 g/mol. The summed E-state index contributed by atoms with van der Waals surface area (Å²) in [4.78, 5) is 11.4. The molecule has 0 aliphatic carbocycles. The summed E-state index contributed by atoms with van der Waals surface area (Å²) >= 11 is 0. The number of carbonyl (C=O) groups excluding carboxylic acids is 1. The molecular formula is C17H21NO4S. The molecule has 0 unspecified atom stereocenters. The van der Waals surface area contributed by atoms with Gasteiger partial charge in [-0.05, 0) is 35.7 Å². The van der Waals surface area contributed by atoms with E-state index in [-0.39, 0.29) is 17.3 Å². The molecule has 0 saturated heterocycles. The largest absolute Gasteiger partial charge is 0.468 e. The SMILES string of the molecule is CC(=O)NC[C@@H](c1ccco1)S(=O)(=O)c1ccc(C(C)C)cc1. The molecule has 0 aliphatic heterocycles. The van der Waals surface area contributed by atoms with Crippen molar-refractivity contribution in [3.8, 4) is 0 Å². The number of furan rings is 1. The van der Waals surface area contributed by atoms with E-state index in [0.29, 0.717) is 11.7 Å². The van der Waals surface area contributed by atoms with E-state index in [9.17, 15) is 13.2 Å². The predicted octanol–water partition coefficient (Wildman–Crippen LogP) is 3.05. The number of sulfone groups is 1. The minimum atomic E-state index is -3.67. The third-order valence-electron chi connectivity index (χ3n) is 3.65. The molecule has 23 heavy (non-hydrogen) atoms. The maximum atomic E-state index is 12.9. The molecule has 0 aliphatic rings. The molecule has 0 radical (unpaired) electrons. The van der Waals surface area contributed by atoms with Gasteiger partial charge in [-0.1, -0.05) is 26.0 Å². The molecule has 0 bridgehead atoms. The number of carbonyl (C=O) groups is 1. The Kier molecular flexibility index (Phi) is 5.26. The van der Waals surface area contributed by atoms with Gasteiger partial charge in [-0.3, -0.25) is 4.79 Å². The van der Waals surface area contributed by atoms with E-state index in [1.165, 1.54) is 13.2 Å². The first kappa shape index (κ1) is 17.3. The zero-order chi connectivity index (χ0) is 17.0. The second-order valence-corrected chi connectivity index (χ2v) is 7.84. The van der Waals surface area contributed by atoms with Gasteiger partial charge in [0.05, 0.1) is 11.2 Å². The molecule has 1 heterocycles. The molecule has 2 aromatic rings. The van der Waals surface area contributed by atoms with Crippen LogP contribution in [0.5, 0.6) is 0 Å². The van der Waals surface area contributed by atoms with Crippen LogP contribution in [0.3, 0.4) is 0 Å². The van der Waals surface area contributed by atoms with Crippen molar-refractivity contribution in [1.82, 2.24) is 5.32 Å². The Labute approximate surface area is 136 Å². The van der Waals surface area contributed by atoms with E-state index in [0.717, 1.165) is 5.56 Å². The van der Waals surface area contributed by atoms with Gasteiger partial charge in [-0.25, -0.2) is 8.42 Å². The first-order valence-electron chi connectivity index (χ1n) is 7.44. The second-order valence-electron chi connectivity index (χ2n) is 5.71. The van der Waals surface area contributed by atoms with E-state index in [1.54, 1.807) is 24.3 Å². The number of benzene rings is 1. The van der Waals surface area contributed by atoms with Crippen LogP contribution < -0.4 is 5.32 Å². The van der Waals surface area contributed by atoms with Gasteiger partial charge in [0, 0.05) is 13.5 Å². The average Bonchev–Trinajstić information content (AvgIpc) is 3.01. The number of hydrogen-bond acceptors (Lipinski definition) is 4. The van der Waals surface area contributed by atoms with Gasteiger partial charge < -0.3 is 9.73 Å². The molecule has 1 aromatic carbocycles. The molecule has 6 heteroatoms. The summed E-state index contributed by atoms with van der Waals surface area (Å²) in [6.07, 6.45) is 1.42. The van der Waals surface area contributed by atoms with E-state index in [1.807, 2.05) is 26.0 Å². The van der Waals surface area contributed by atoms with Crippen molar-refractivity contribution in [2.24, 2.45) is 0 Å². The number of amides is 1. The lowest BCUT2D eigenvalue weighted by molar-refractivity contribution is -0.118. The first-order chi connectivity index (χ1) is 10.8. The highest BCUT2D eigenvalue weighted by Gasteiger charge is 2.31. The molecule has 5 nitrogen and oxygen atoms in total. The molecule has 1 N–H and O–H groups in total. The average molecular weight is 335 g/mol. The van der Waals surface area contributed by atoms with E-state index < -0.39 is 15.1 Å². The van der Waals surface area contributed by atoms with E-state index in [2.05, 4.69) is 5.32 Å².